The first-order valence-electron chi connectivity index (χ1n) is 10.9. The van der Waals surface area contributed by atoms with Crippen LogP contribution in [0.2, 0.25) is 0 Å². The highest BCUT2D eigenvalue weighted by Gasteiger charge is 2.39. The van der Waals surface area contributed by atoms with Gasteiger partial charge in [-0.15, -0.1) is 0 Å². The Balaban J connectivity index is 1.57. The fourth-order valence-electron chi connectivity index (χ4n) is 4.32. The van der Waals surface area contributed by atoms with Crippen LogP contribution >= 0.6 is 0 Å². The molecule has 1 aliphatic heterocycles. The van der Waals surface area contributed by atoms with Crippen LogP contribution in [0.25, 0.3) is 0 Å². The minimum absolute atomic E-state index is 0.0573. The summed E-state index contributed by atoms with van der Waals surface area (Å²) in [6, 6.07) is 4.49. The number of likely N-dealkylation sites (N-methyl/N-ethyl adjacent to an activating group) is 1. The molecule has 0 unspecified atom stereocenters. The van der Waals surface area contributed by atoms with Crippen LogP contribution in [0, 0.1) is 18.3 Å². The molecule has 1 aliphatic carbocycles. The molecule has 0 N–H and O–H groups in total. The number of anilines is 1. The quantitative estimate of drug-likeness (QED) is 0.759. The van der Waals surface area contributed by atoms with Gasteiger partial charge < -0.3 is 9.80 Å². The molecule has 1 saturated carbocycles. The zero-order chi connectivity index (χ0) is 21.0. The van der Waals surface area contributed by atoms with Gasteiger partial charge in [-0.1, -0.05) is 33.1 Å². The summed E-state index contributed by atoms with van der Waals surface area (Å²) in [6.07, 6.45) is 4.81. The summed E-state index contributed by atoms with van der Waals surface area (Å²) in [6.45, 7) is 9.94. The fourth-order valence-corrected chi connectivity index (χ4v) is 4.32. The molecule has 3 rings (SSSR count). The fraction of sp³-hybridized carbons (Fsp3) is 0.727. The number of piperazine rings is 1. The first-order valence-corrected chi connectivity index (χ1v) is 10.9. The van der Waals surface area contributed by atoms with Crippen molar-refractivity contribution in [1.82, 2.24) is 19.8 Å². The molecule has 7 heteroatoms. The van der Waals surface area contributed by atoms with Crippen molar-refractivity contribution in [3.8, 4) is 6.07 Å². The molecule has 0 bridgehead atoms. The van der Waals surface area contributed by atoms with Gasteiger partial charge in [-0.25, -0.2) is 9.97 Å². The van der Waals surface area contributed by atoms with Crippen molar-refractivity contribution >= 4 is 11.7 Å². The van der Waals surface area contributed by atoms with Gasteiger partial charge in [0.05, 0.1) is 12.6 Å². The summed E-state index contributed by atoms with van der Waals surface area (Å²) in [7, 11) is 1.81. The predicted octanol–water partition coefficient (Wildman–Crippen LogP) is 2.72. The Morgan fingerprint density at radius 1 is 1.21 bits per heavy atom. The van der Waals surface area contributed by atoms with E-state index in [4.69, 9.17) is 4.98 Å². The van der Waals surface area contributed by atoms with Crippen molar-refractivity contribution in [2.24, 2.45) is 0 Å². The summed E-state index contributed by atoms with van der Waals surface area (Å²) in [5.41, 5.74) is 0.385. The van der Waals surface area contributed by atoms with Crippen LogP contribution in [0.4, 0.5) is 5.82 Å². The number of carbonyl (C=O) groups excluding carboxylic acids is 1. The number of hydrogen-bond donors (Lipinski definition) is 0. The average Bonchev–Trinajstić information content (AvgIpc) is 2.73. The Bertz CT molecular complexity index is 757. The molecule has 2 fully saturated rings. The number of amides is 1. The van der Waals surface area contributed by atoms with Crippen LogP contribution in [0.1, 0.15) is 63.4 Å². The third-order valence-corrected chi connectivity index (χ3v) is 6.33. The summed E-state index contributed by atoms with van der Waals surface area (Å²) in [5, 5.41) is 9.73. The van der Waals surface area contributed by atoms with Gasteiger partial charge in [0.25, 0.3) is 0 Å². The van der Waals surface area contributed by atoms with Gasteiger partial charge >= 0.3 is 0 Å². The van der Waals surface area contributed by atoms with Crippen LogP contribution in [0.15, 0.2) is 6.07 Å². The molecule has 0 radical (unpaired) electrons. The lowest BCUT2D eigenvalue weighted by molar-refractivity contribution is -0.136. The van der Waals surface area contributed by atoms with Crippen LogP contribution in [0.3, 0.4) is 0 Å². The summed E-state index contributed by atoms with van der Waals surface area (Å²) in [4.78, 5) is 28.4. The number of nitrogens with zero attached hydrogens (tertiary/aromatic N) is 6. The molecule has 2 aliphatic rings. The molecule has 1 aromatic heterocycles. The van der Waals surface area contributed by atoms with Gasteiger partial charge in [-0.3, -0.25) is 9.69 Å². The van der Waals surface area contributed by atoms with E-state index in [-0.39, 0.29) is 5.91 Å². The normalized spacial score (nSPS) is 19.8. The monoisotopic (exact) mass is 398 g/mol. The van der Waals surface area contributed by atoms with Crippen molar-refractivity contribution in [3.05, 3.63) is 17.6 Å². The van der Waals surface area contributed by atoms with Gasteiger partial charge in [-0.2, -0.15) is 5.26 Å². The zero-order valence-corrected chi connectivity index (χ0v) is 18.3. The topological polar surface area (TPSA) is 76.4 Å². The van der Waals surface area contributed by atoms with Gasteiger partial charge in [0, 0.05) is 50.9 Å². The van der Waals surface area contributed by atoms with E-state index in [9.17, 15) is 10.1 Å². The summed E-state index contributed by atoms with van der Waals surface area (Å²) < 4.78 is 0. The number of aromatic nitrogens is 2. The molecule has 29 heavy (non-hydrogen) atoms. The number of nitriles is 1. The lowest BCUT2D eigenvalue weighted by atomic mass is 9.81. The Morgan fingerprint density at radius 2 is 1.86 bits per heavy atom. The Kier molecular flexibility index (Phi) is 6.74. The second-order valence-electron chi connectivity index (χ2n) is 8.80. The Hall–Kier alpha value is -2.20. The zero-order valence-electron chi connectivity index (χ0n) is 18.3. The number of carbonyl (C=O) groups is 1. The maximum atomic E-state index is 12.9. The number of hydrogen-bond acceptors (Lipinski definition) is 6. The molecule has 158 valence electrons. The van der Waals surface area contributed by atoms with Crippen molar-refractivity contribution in [3.63, 3.8) is 0 Å². The minimum atomic E-state index is -0.608. The van der Waals surface area contributed by atoms with E-state index >= 15 is 0 Å². The van der Waals surface area contributed by atoms with Crippen molar-refractivity contribution in [1.29, 1.82) is 5.26 Å². The summed E-state index contributed by atoms with van der Waals surface area (Å²) in [5.74, 6) is 2.22. The van der Waals surface area contributed by atoms with Gasteiger partial charge in [0.2, 0.25) is 5.91 Å². The van der Waals surface area contributed by atoms with Crippen molar-refractivity contribution < 1.29 is 4.79 Å². The largest absolute Gasteiger partial charge is 0.354 e. The smallest absolute Gasteiger partial charge is 0.237 e. The number of rotatable bonds is 5. The molecular weight excluding hydrogens is 364 g/mol. The van der Waals surface area contributed by atoms with Gasteiger partial charge in [-0.05, 0) is 19.8 Å². The third-order valence-electron chi connectivity index (χ3n) is 6.33. The number of aryl methyl sites for hydroxylation is 1. The molecule has 7 nitrogen and oxygen atoms in total. The lowest BCUT2D eigenvalue weighted by Gasteiger charge is -2.41. The van der Waals surface area contributed by atoms with Crippen molar-refractivity contribution in [2.75, 3.05) is 44.7 Å². The van der Waals surface area contributed by atoms with E-state index in [2.05, 4.69) is 34.7 Å². The molecule has 0 aromatic carbocycles. The highest BCUT2D eigenvalue weighted by molar-refractivity contribution is 5.79. The summed E-state index contributed by atoms with van der Waals surface area (Å²) >= 11 is 0. The second-order valence-corrected chi connectivity index (χ2v) is 8.80. The average molecular weight is 399 g/mol. The SMILES string of the molecule is Cc1cc(N2CCN(CC(=O)N(C)C3(C#N)CCCCC3)CC2)nc(C(C)C)n1. The molecule has 1 aromatic rings. The van der Waals surface area contributed by atoms with E-state index in [1.165, 1.54) is 0 Å². The highest BCUT2D eigenvalue weighted by atomic mass is 16.2. The van der Waals surface area contributed by atoms with Crippen LogP contribution in [0.5, 0.6) is 0 Å². The maximum absolute atomic E-state index is 12.9. The molecular formula is C22H34N6O. The maximum Gasteiger partial charge on any atom is 0.237 e. The van der Waals surface area contributed by atoms with Gasteiger partial charge in [0.15, 0.2) is 0 Å². The van der Waals surface area contributed by atoms with E-state index < -0.39 is 5.54 Å². The molecule has 0 spiro atoms. The highest BCUT2D eigenvalue weighted by Crippen LogP contribution is 2.32. The van der Waals surface area contributed by atoms with Crippen molar-refractivity contribution in [2.45, 2.75) is 64.3 Å². The Labute approximate surface area is 174 Å². The first kappa shape index (κ1) is 21.5. The van der Waals surface area contributed by atoms with Gasteiger partial charge in [0.1, 0.15) is 17.2 Å². The van der Waals surface area contributed by atoms with E-state index in [0.29, 0.717) is 12.5 Å². The molecule has 1 saturated heterocycles. The van der Waals surface area contributed by atoms with E-state index in [1.54, 1.807) is 4.90 Å². The van der Waals surface area contributed by atoms with Crippen LogP contribution in [-0.4, -0.2) is 71.0 Å². The van der Waals surface area contributed by atoms with Crippen LogP contribution < -0.4 is 4.90 Å². The lowest BCUT2D eigenvalue weighted by Crippen LogP contribution is -2.55. The third kappa shape index (κ3) is 4.87. The minimum Gasteiger partial charge on any atom is -0.354 e. The first-order chi connectivity index (χ1) is 13.8. The Morgan fingerprint density at radius 3 is 2.45 bits per heavy atom. The standard InChI is InChI=1S/C22H34N6O/c1-17(2)21-24-18(3)14-19(25-21)28-12-10-27(11-13-28)15-20(29)26(4)22(16-23)8-6-5-7-9-22/h14,17H,5-13,15H2,1-4H3. The van der Waals surface area contributed by atoms with E-state index in [1.807, 2.05) is 20.0 Å². The second kappa shape index (κ2) is 9.08. The molecule has 2 heterocycles. The van der Waals surface area contributed by atoms with E-state index in [0.717, 1.165) is 75.6 Å². The van der Waals surface area contributed by atoms with Crippen LogP contribution in [-0.2, 0) is 4.79 Å². The predicted molar refractivity (Wildman–Crippen MR) is 114 cm³/mol. The molecule has 0 atom stereocenters. The molecule has 1 amide bonds.